The maximum Gasteiger partial charge on any atom is 0.293 e. The number of amides is 1. The van der Waals surface area contributed by atoms with Crippen molar-refractivity contribution < 1.29 is 4.79 Å². The van der Waals surface area contributed by atoms with Crippen molar-refractivity contribution in [3.8, 4) is 5.69 Å². The van der Waals surface area contributed by atoms with Gasteiger partial charge in [0.05, 0.1) is 12.0 Å². The quantitative estimate of drug-likeness (QED) is 0.805. The van der Waals surface area contributed by atoms with Crippen molar-refractivity contribution in [2.45, 2.75) is 13.8 Å². The van der Waals surface area contributed by atoms with Crippen LogP contribution in [0.4, 0.5) is 5.69 Å². The molecular weight excluding hydrogens is 278 g/mol. The van der Waals surface area contributed by atoms with Gasteiger partial charge in [-0.05, 0) is 44.2 Å². The monoisotopic (exact) mass is 293 g/mol. The molecule has 0 fully saturated rings. The van der Waals surface area contributed by atoms with E-state index in [1.165, 1.54) is 12.4 Å². The van der Waals surface area contributed by atoms with Crippen molar-refractivity contribution in [1.82, 2.24) is 19.5 Å². The van der Waals surface area contributed by atoms with Crippen LogP contribution >= 0.6 is 0 Å². The molecule has 0 aliphatic carbocycles. The van der Waals surface area contributed by atoms with E-state index in [0.29, 0.717) is 5.69 Å². The lowest BCUT2D eigenvalue weighted by atomic mass is 10.2. The van der Waals surface area contributed by atoms with Gasteiger partial charge in [-0.3, -0.25) is 4.79 Å². The number of anilines is 1. The van der Waals surface area contributed by atoms with Crippen molar-refractivity contribution in [2.75, 3.05) is 5.32 Å². The fourth-order valence-corrected chi connectivity index (χ4v) is 2.07. The van der Waals surface area contributed by atoms with Crippen molar-refractivity contribution in [1.29, 1.82) is 0 Å². The summed E-state index contributed by atoms with van der Waals surface area (Å²) in [5.74, 6) is -0.185. The van der Waals surface area contributed by atoms with Gasteiger partial charge in [0.25, 0.3) is 5.91 Å². The first-order chi connectivity index (χ1) is 10.6. The topological polar surface area (TPSA) is 72.7 Å². The zero-order valence-corrected chi connectivity index (χ0v) is 12.3. The number of carbonyl (C=O) groups is 1. The van der Waals surface area contributed by atoms with Crippen LogP contribution in [0.5, 0.6) is 0 Å². The molecule has 6 nitrogen and oxygen atoms in total. The van der Waals surface area contributed by atoms with Crippen LogP contribution in [0.25, 0.3) is 5.69 Å². The zero-order valence-electron chi connectivity index (χ0n) is 12.3. The summed E-state index contributed by atoms with van der Waals surface area (Å²) in [7, 11) is 0. The molecule has 0 unspecified atom stereocenters. The number of imidazole rings is 1. The number of aromatic nitrogens is 4. The first kappa shape index (κ1) is 13.9. The van der Waals surface area contributed by atoms with Crippen LogP contribution in [-0.2, 0) is 0 Å². The fourth-order valence-electron chi connectivity index (χ4n) is 2.07. The zero-order chi connectivity index (χ0) is 15.5. The largest absolute Gasteiger partial charge is 0.319 e. The number of hydrogen-bond acceptors (Lipinski definition) is 4. The van der Waals surface area contributed by atoms with Gasteiger partial charge in [-0.15, -0.1) is 0 Å². The maximum atomic E-state index is 12.0. The molecule has 3 aromatic rings. The van der Waals surface area contributed by atoms with Gasteiger partial charge in [0.1, 0.15) is 0 Å². The number of aryl methyl sites for hydroxylation is 1. The van der Waals surface area contributed by atoms with Gasteiger partial charge >= 0.3 is 0 Å². The smallest absolute Gasteiger partial charge is 0.293 e. The molecule has 0 saturated carbocycles. The number of rotatable bonds is 3. The van der Waals surface area contributed by atoms with Crippen LogP contribution in [0, 0.1) is 13.8 Å². The van der Waals surface area contributed by atoms with Gasteiger partial charge in [-0.25, -0.2) is 15.0 Å². The van der Waals surface area contributed by atoms with Gasteiger partial charge in [0.15, 0.2) is 0 Å². The Morgan fingerprint density at radius 2 is 1.73 bits per heavy atom. The van der Waals surface area contributed by atoms with Crippen LogP contribution in [0.3, 0.4) is 0 Å². The SMILES string of the molecule is Cc1ncn(-c2ccc(NC(=O)c3ncccn3)cc2)c1C. The molecule has 1 amide bonds. The molecule has 0 bridgehead atoms. The summed E-state index contributed by atoms with van der Waals surface area (Å²) in [6.07, 6.45) is 4.86. The van der Waals surface area contributed by atoms with E-state index < -0.39 is 0 Å². The van der Waals surface area contributed by atoms with Crippen LogP contribution < -0.4 is 5.32 Å². The molecule has 22 heavy (non-hydrogen) atoms. The number of benzene rings is 1. The minimum absolute atomic E-state index is 0.146. The average Bonchev–Trinajstić information content (AvgIpc) is 2.89. The molecular formula is C16H15N5O. The highest BCUT2D eigenvalue weighted by atomic mass is 16.2. The minimum atomic E-state index is -0.331. The molecule has 2 heterocycles. The van der Waals surface area contributed by atoms with Crippen molar-refractivity contribution in [3.05, 3.63) is 66.3 Å². The number of carbonyl (C=O) groups excluding carboxylic acids is 1. The molecule has 0 atom stereocenters. The number of hydrogen-bond donors (Lipinski definition) is 1. The van der Waals surface area contributed by atoms with E-state index >= 15 is 0 Å². The standard InChI is InChI=1S/C16H15N5O/c1-11-12(2)21(10-19-11)14-6-4-13(5-7-14)20-16(22)15-17-8-3-9-18-15/h3-10H,1-2H3,(H,20,22). The summed E-state index contributed by atoms with van der Waals surface area (Å²) in [5, 5.41) is 2.77. The Morgan fingerprint density at radius 3 is 2.32 bits per heavy atom. The van der Waals surface area contributed by atoms with Gasteiger partial charge in [0, 0.05) is 29.5 Å². The van der Waals surface area contributed by atoms with Crippen molar-refractivity contribution in [3.63, 3.8) is 0 Å². The summed E-state index contributed by atoms with van der Waals surface area (Å²) >= 11 is 0. The molecule has 110 valence electrons. The van der Waals surface area contributed by atoms with E-state index in [-0.39, 0.29) is 11.7 Å². The summed E-state index contributed by atoms with van der Waals surface area (Å²) in [6.45, 7) is 3.99. The highest BCUT2D eigenvalue weighted by Gasteiger charge is 2.09. The summed E-state index contributed by atoms with van der Waals surface area (Å²) in [4.78, 5) is 24.1. The Kier molecular flexibility index (Phi) is 3.65. The first-order valence-electron chi connectivity index (χ1n) is 6.84. The maximum absolute atomic E-state index is 12.0. The molecule has 2 aromatic heterocycles. The Hall–Kier alpha value is -3.02. The molecule has 6 heteroatoms. The van der Waals surface area contributed by atoms with E-state index in [9.17, 15) is 4.79 Å². The van der Waals surface area contributed by atoms with Gasteiger partial charge in [0.2, 0.25) is 5.82 Å². The van der Waals surface area contributed by atoms with Crippen molar-refractivity contribution >= 4 is 11.6 Å². The molecule has 0 saturated heterocycles. The third-order valence-corrected chi connectivity index (χ3v) is 3.42. The lowest BCUT2D eigenvalue weighted by Gasteiger charge is -2.08. The first-order valence-corrected chi connectivity index (χ1v) is 6.84. The Labute approximate surface area is 127 Å². The third kappa shape index (κ3) is 2.71. The highest BCUT2D eigenvalue weighted by molar-refractivity contribution is 6.01. The van der Waals surface area contributed by atoms with Crippen molar-refractivity contribution in [2.24, 2.45) is 0 Å². The summed E-state index contributed by atoms with van der Waals surface area (Å²) < 4.78 is 2.00. The van der Waals surface area contributed by atoms with Crippen LogP contribution in [0.2, 0.25) is 0 Å². The fraction of sp³-hybridized carbons (Fsp3) is 0.125. The number of nitrogens with one attached hydrogen (secondary N) is 1. The van der Waals surface area contributed by atoms with Gasteiger partial charge < -0.3 is 9.88 Å². The second kappa shape index (κ2) is 5.77. The van der Waals surface area contributed by atoms with E-state index in [0.717, 1.165) is 17.1 Å². The van der Waals surface area contributed by atoms with E-state index in [4.69, 9.17) is 0 Å². The van der Waals surface area contributed by atoms with Crippen LogP contribution in [0.15, 0.2) is 49.1 Å². The second-order valence-electron chi connectivity index (χ2n) is 4.86. The normalized spacial score (nSPS) is 10.5. The summed E-state index contributed by atoms with van der Waals surface area (Å²) in [6, 6.07) is 9.20. The Morgan fingerprint density at radius 1 is 1.05 bits per heavy atom. The predicted octanol–water partition coefficient (Wildman–Crippen LogP) is 2.53. The highest BCUT2D eigenvalue weighted by Crippen LogP contribution is 2.17. The molecule has 1 aromatic carbocycles. The van der Waals surface area contributed by atoms with E-state index in [1.54, 1.807) is 12.4 Å². The molecule has 0 spiro atoms. The Bertz CT molecular complexity index is 793. The summed E-state index contributed by atoms with van der Waals surface area (Å²) in [5.41, 5.74) is 3.77. The van der Waals surface area contributed by atoms with Crippen LogP contribution in [0.1, 0.15) is 22.0 Å². The van der Waals surface area contributed by atoms with E-state index in [2.05, 4.69) is 20.3 Å². The van der Waals surface area contributed by atoms with Gasteiger partial charge in [-0.2, -0.15) is 0 Å². The van der Waals surface area contributed by atoms with Crippen LogP contribution in [-0.4, -0.2) is 25.4 Å². The molecule has 0 aliphatic heterocycles. The molecule has 0 radical (unpaired) electrons. The lowest BCUT2D eigenvalue weighted by molar-refractivity contribution is 0.101. The lowest BCUT2D eigenvalue weighted by Crippen LogP contribution is -2.15. The molecule has 0 aliphatic rings. The Balaban J connectivity index is 1.77. The number of nitrogens with zero attached hydrogens (tertiary/aromatic N) is 4. The minimum Gasteiger partial charge on any atom is -0.319 e. The van der Waals surface area contributed by atoms with Gasteiger partial charge in [-0.1, -0.05) is 0 Å². The molecule has 3 rings (SSSR count). The third-order valence-electron chi connectivity index (χ3n) is 3.42. The predicted molar refractivity (Wildman–Crippen MR) is 83.0 cm³/mol. The second-order valence-corrected chi connectivity index (χ2v) is 4.86. The molecule has 1 N–H and O–H groups in total. The van der Waals surface area contributed by atoms with E-state index in [1.807, 2.05) is 42.7 Å². The average molecular weight is 293 g/mol.